The molecular formula is C9H8ClNO. The molecule has 0 amide bonds. The molecule has 0 aliphatic rings. The minimum Gasteiger partial charge on any atom is -0.506 e. The van der Waals surface area contributed by atoms with Gasteiger partial charge in [-0.25, -0.2) is 0 Å². The van der Waals surface area contributed by atoms with E-state index in [1.54, 1.807) is 12.1 Å². The van der Waals surface area contributed by atoms with Crippen molar-refractivity contribution in [1.29, 1.82) is 0 Å². The van der Waals surface area contributed by atoms with E-state index in [9.17, 15) is 5.11 Å². The first-order valence-corrected chi connectivity index (χ1v) is 3.91. The van der Waals surface area contributed by atoms with Gasteiger partial charge in [0.15, 0.2) is 0 Å². The van der Waals surface area contributed by atoms with Crippen LogP contribution >= 0.6 is 11.6 Å². The summed E-state index contributed by atoms with van der Waals surface area (Å²) < 4.78 is 0. The smallest absolute Gasteiger partial charge is 0.139 e. The predicted molar refractivity (Wildman–Crippen MR) is 50.1 cm³/mol. The minimum atomic E-state index is 0.0522. The summed E-state index contributed by atoms with van der Waals surface area (Å²) >= 11 is 5.36. The maximum atomic E-state index is 9.17. The monoisotopic (exact) mass is 181 g/mol. The quantitative estimate of drug-likeness (QED) is 0.276. The molecule has 0 aromatic heterocycles. The minimum absolute atomic E-state index is 0.0522. The third-order valence-electron chi connectivity index (χ3n) is 1.33. The van der Waals surface area contributed by atoms with E-state index < -0.39 is 0 Å². The van der Waals surface area contributed by atoms with Gasteiger partial charge in [0.2, 0.25) is 0 Å². The Labute approximate surface area is 76.0 Å². The summed E-state index contributed by atoms with van der Waals surface area (Å²) in [6, 6.07) is 4.84. The highest BCUT2D eigenvalue weighted by Gasteiger charge is 1.95. The normalized spacial score (nSPS) is 8.75. The fraction of sp³-hybridized carbons (Fsp3) is 0.111. The number of phenols is 1. The molecule has 0 aliphatic carbocycles. The van der Waals surface area contributed by atoms with Gasteiger partial charge >= 0.3 is 0 Å². The van der Waals surface area contributed by atoms with E-state index >= 15 is 0 Å². The summed E-state index contributed by atoms with van der Waals surface area (Å²) in [6.45, 7) is 0. The SMILES string of the molecule is Nc1ccc(C#CCCl)cc1O. The van der Waals surface area contributed by atoms with Gasteiger partial charge in [-0.15, -0.1) is 11.6 Å². The molecule has 0 spiro atoms. The lowest BCUT2D eigenvalue weighted by Crippen LogP contribution is -1.85. The predicted octanol–water partition coefficient (Wildman–Crippen LogP) is 1.56. The van der Waals surface area contributed by atoms with E-state index in [2.05, 4.69) is 11.8 Å². The summed E-state index contributed by atoms with van der Waals surface area (Å²) in [4.78, 5) is 0. The lowest BCUT2D eigenvalue weighted by atomic mass is 10.2. The number of anilines is 1. The van der Waals surface area contributed by atoms with Crippen molar-refractivity contribution >= 4 is 17.3 Å². The molecule has 1 aromatic carbocycles. The Morgan fingerprint density at radius 3 is 2.83 bits per heavy atom. The Kier molecular flexibility index (Phi) is 2.84. The number of hydrogen-bond acceptors (Lipinski definition) is 2. The summed E-state index contributed by atoms with van der Waals surface area (Å²) in [6.07, 6.45) is 0. The van der Waals surface area contributed by atoms with Gasteiger partial charge in [0, 0.05) is 5.56 Å². The number of phenolic OH excluding ortho intramolecular Hbond substituents is 1. The number of nitrogens with two attached hydrogens (primary N) is 1. The maximum Gasteiger partial charge on any atom is 0.139 e. The van der Waals surface area contributed by atoms with E-state index in [4.69, 9.17) is 17.3 Å². The summed E-state index contributed by atoms with van der Waals surface area (Å²) in [5, 5.41) is 9.17. The molecule has 3 N–H and O–H groups in total. The first-order chi connectivity index (χ1) is 5.74. The van der Waals surface area contributed by atoms with Crippen LogP contribution in [0.5, 0.6) is 5.75 Å². The Bertz CT molecular complexity index is 338. The molecule has 0 radical (unpaired) electrons. The number of alkyl halides is 1. The van der Waals surface area contributed by atoms with Gasteiger partial charge in [0.1, 0.15) is 5.75 Å². The summed E-state index contributed by atoms with van der Waals surface area (Å²) in [7, 11) is 0. The van der Waals surface area contributed by atoms with Crippen LogP contribution in [0.4, 0.5) is 5.69 Å². The van der Waals surface area contributed by atoms with Crippen molar-refractivity contribution in [2.45, 2.75) is 0 Å². The van der Waals surface area contributed by atoms with Crippen molar-refractivity contribution in [3.8, 4) is 17.6 Å². The first-order valence-electron chi connectivity index (χ1n) is 3.37. The molecule has 0 fully saturated rings. The van der Waals surface area contributed by atoms with Crippen LogP contribution in [-0.2, 0) is 0 Å². The number of rotatable bonds is 0. The van der Waals surface area contributed by atoms with Crippen molar-refractivity contribution in [2.75, 3.05) is 11.6 Å². The Morgan fingerprint density at radius 1 is 1.50 bits per heavy atom. The van der Waals surface area contributed by atoms with Gasteiger partial charge in [0.25, 0.3) is 0 Å². The lowest BCUT2D eigenvalue weighted by molar-refractivity contribution is 0.478. The molecule has 12 heavy (non-hydrogen) atoms. The molecule has 1 rings (SSSR count). The largest absolute Gasteiger partial charge is 0.506 e. The van der Waals surface area contributed by atoms with Gasteiger partial charge in [-0.3, -0.25) is 0 Å². The fourth-order valence-corrected chi connectivity index (χ4v) is 0.824. The molecule has 0 unspecified atom stereocenters. The fourth-order valence-electron chi connectivity index (χ4n) is 0.757. The van der Waals surface area contributed by atoms with Crippen LogP contribution in [-0.4, -0.2) is 11.0 Å². The molecular weight excluding hydrogens is 174 g/mol. The molecule has 0 aliphatic heterocycles. The first kappa shape index (κ1) is 8.76. The van der Waals surface area contributed by atoms with Crippen molar-refractivity contribution in [3.05, 3.63) is 23.8 Å². The van der Waals surface area contributed by atoms with Crippen LogP contribution in [0.1, 0.15) is 5.56 Å². The molecule has 1 aromatic rings. The molecule has 3 heteroatoms. The topological polar surface area (TPSA) is 46.2 Å². The molecule has 0 saturated heterocycles. The number of nitrogen functional groups attached to an aromatic ring is 1. The zero-order chi connectivity index (χ0) is 8.97. The van der Waals surface area contributed by atoms with Crippen LogP contribution in [0.3, 0.4) is 0 Å². The third kappa shape index (κ3) is 2.08. The molecule has 0 atom stereocenters. The van der Waals surface area contributed by atoms with Gasteiger partial charge in [0.05, 0.1) is 11.6 Å². The molecule has 0 heterocycles. The van der Waals surface area contributed by atoms with Crippen LogP contribution in [0, 0.1) is 11.8 Å². The Hall–Kier alpha value is -1.33. The zero-order valence-corrected chi connectivity index (χ0v) is 7.10. The van der Waals surface area contributed by atoms with Gasteiger partial charge in [-0.2, -0.15) is 0 Å². The molecule has 62 valence electrons. The van der Waals surface area contributed by atoms with Crippen LogP contribution in [0.15, 0.2) is 18.2 Å². The average Bonchev–Trinajstić information content (AvgIpc) is 2.07. The zero-order valence-electron chi connectivity index (χ0n) is 6.34. The van der Waals surface area contributed by atoms with E-state index in [0.717, 1.165) is 0 Å². The van der Waals surface area contributed by atoms with E-state index in [1.807, 2.05) is 0 Å². The van der Waals surface area contributed by atoms with Gasteiger partial charge in [-0.1, -0.05) is 11.8 Å². The molecule has 0 saturated carbocycles. The van der Waals surface area contributed by atoms with E-state index in [-0.39, 0.29) is 11.6 Å². The van der Waals surface area contributed by atoms with Crippen LogP contribution in [0.25, 0.3) is 0 Å². The number of hydrogen-bond donors (Lipinski definition) is 2. The second-order valence-electron chi connectivity index (χ2n) is 2.21. The second-order valence-corrected chi connectivity index (χ2v) is 2.48. The number of aromatic hydroxyl groups is 1. The Morgan fingerprint density at radius 2 is 2.25 bits per heavy atom. The summed E-state index contributed by atoms with van der Waals surface area (Å²) in [5.74, 6) is 5.77. The van der Waals surface area contributed by atoms with E-state index in [1.165, 1.54) is 6.07 Å². The summed E-state index contributed by atoms with van der Waals surface area (Å²) in [5.41, 5.74) is 6.46. The highest BCUT2D eigenvalue weighted by atomic mass is 35.5. The molecule has 0 bridgehead atoms. The van der Waals surface area contributed by atoms with Crippen molar-refractivity contribution in [2.24, 2.45) is 0 Å². The lowest BCUT2D eigenvalue weighted by Gasteiger charge is -1.97. The van der Waals surface area contributed by atoms with Crippen LogP contribution in [0.2, 0.25) is 0 Å². The van der Waals surface area contributed by atoms with Crippen molar-refractivity contribution < 1.29 is 5.11 Å². The van der Waals surface area contributed by atoms with Gasteiger partial charge < -0.3 is 10.8 Å². The van der Waals surface area contributed by atoms with Crippen molar-refractivity contribution in [3.63, 3.8) is 0 Å². The van der Waals surface area contributed by atoms with Crippen LogP contribution < -0.4 is 5.73 Å². The van der Waals surface area contributed by atoms with E-state index in [0.29, 0.717) is 11.3 Å². The number of halogens is 1. The average molecular weight is 182 g/mol. The number of benzene rings is 1. The van der Waals surface area contributed by atoms with Gasteiger partial charge in [-0.05, 0) is 18.2 Å². The van der Waals surface area contributed by atoms with Crippen molar-refractivity contribution in [1.82, 2.24) is 0 Å². The second kappa shape index (κ2) is 3.89. The third-order valence-corrected chi connectivity index (χ3v) is 1.46. The maximum absolute atomic E-state index is 9.17. The Balaban J connectivity index is 2.97. The molecule has 2 nitrogen and oxygen atoms in total. The standard InChI is InChI=1S/C9H8ClNO/c10-5-1-2-7-3-4-8(11)9(12)6-7/h3-4,6,12H,5,11H2. The highest BCUT2D eigenvalue weighted by molar-refractivity contribution is 6.19. The highest BCUT2D eigenvalue weighted by Crippen LogP contribution is 2.19.